The molecular weight excluding hydrogens is 316 g/mol. The number of amides is 1. The molecule has 0 radical (unpaired) electrons. The van der Waals surface area contributed by atoms with E-state index in [1.807, 2.05) is 24.3 Å². The SMILES string of the molecule is CC(C)(C)c1ccc(OCC(=O)NCCCN2CCC(O)CC2)cc1. The molecule has 1 aliphatic rings. The highest BCUT2D eigenvalue weighted by Gasteiger charge is 2.16. The van der Waals surface area contributed by atoms with Crippen LogP contribution in [0.4, 0.5) is 0 Å². The minimum Gasteiger partial charge on any atom is -0.484 e. The van der Waals surface area contributed by atoms with Crippen LogP contribution in [0.1, 0.15) is 45.6 Å². The monoisotopic (exact) mass is 348 g/mol. The van der Waals surface area contributed by atoms with Gasteiger partial charge in [-0.15, -0.1) is 0 Å². The summed E-state index contributed by atoms with van der Waals surface area (Å²) >= 11 is 0. The molecular formula is C20H32N2O3. The van der Waals surface area contributed by atoms with Crippen molar-refractivity contribution < 1.29 is 14.6 Å². The van der Waals surface area contributed by atoms with Crippen LogP contribution in [-0.2, 0) is 10.2 Å². The molecule has 1 fully saturated rings. The minimum atomic E-state index is -0.134. The predicted molar refractivity (Wildman–Crippen MR) is 99.9 cm³/mol. The third-order valence-electron chi connectivity index (χ3n) is 4.62. The summed E-state index contributed by atoms with van der Waals surface area (Å²) in [6.07, 6.45) is 2.50. The summed E-state index contributed by atoms with van der Waals surface area (Å²) in [5.41, 5.74) is 1.36. The summed E-state index contributed by atoms with van der Waals surface area (Å²) in [5.74, 6) is 0.629. The predicted octanol–water partition coefficient (Wildman–Crippen LogP) is 2.33. The molecule has 0 aromatic heterocycles. The Morgan fingerprint density at radius 3 is 2.48 bits per heavy atom. The number of benzene rings is 1. The number of hydrogen-bond donors (Lipinski definition) is 2. The van der Waals surface area contributed by atoms with Crippen molar-refractivity contribution in [2.75, 3.05) is 32.8 Å². The van der Waals surface area contributed by atoms with Crippen LogP contribution in [0.2, 0.25) is 0 Å². The van der Waals surface area contributed by atoms with E-state index in [1.165, 1.54) is 5.56 Å². The van der Waals surface area contributed by atoms with Gasteiger partial charge in [0.1, 0.15) is 5.75 Å². The first kappa shape index (κ1) is 19.7. The van der Waals surface area contributed by atoms with E-state index < -0.39 is 0 Å². The molecule has 140 valence electrons. The van der Waals surface area contributed by atoms with Gasteiger partial charge >= 0.3 is 0 Å². The molecule has 2 rings (SSSR count). The normalized spacial score (nSPS) is 16.6. The smallest absolute Gasteiger partial charge is 0.257 e. The lowest BCUT2D eigenvalue weighted by molar-refractivity contribution is -0.123. The van der Waals surface area contributed by atoms with Crippen molar-refractivity contribution in [3.05, 3.63) is 29.8 Å². The number of carbonyl (C=O) groups is 1. The summed E-state index contributed by atoms with van der Waals surface area (Å²) < 4.78 is 5.54. The number of ether oxygens (including phenoxy) is 1. The van der Waals surface area contributed by atoms with Crippen LogP contribution < -0.4 is 10.1 Å². The zero-order valence-electron chi connectivity index (χ0n) is 15.8. The first-order chi connectivity index (χ1) is 11.8. The number of carbonyl (C=O) groups excluding carboxylic acids is 1. The van der Waals surface area contributed by atoms with Crippen molar-refractivity contribution in [2.24, 2.45) is 0 Å². The number of likely N-dealkylation sites (tertiary alicyclic amines) is 1. The maximum absolute atomic E-state index is 11.9. The Kier molecular flexibility index (Phi) is 7.26. The molecule has 0 spiro atoms. The molecule has 0 unspecified atom stereocenters. The van der Waals surface area contributed by atoms with Crippen molar-refractivity contribution in [1.82, 2.24) is 10.2 Å². The van der Waals surface area contributed by atoms with Crippen molar-refractivity contribution in [3.63, 3.8) is 0 Å². The standard InChI is InChI=1S/C20H32N2O3/c1-20(2,3)16-5-7-18(8-6-16)25-15-19(24)21-11-4-12-22-13-9-17(23)10-14-22/h5-8,17,23H,4,9-15H2,1-3H3,(H,21,24). The molecule has 0 atom stereocenters. The number of rotatable bonds is 7. The summed E-state index contributed by atoms with van der Waals surface area (Å²) in [5, 5.41) is 12.4. The van der Waals surface area contributed by atoms with Crippen LogP contribution >= 0.6 is 0 Å². The average Bonchev–Trinajstić information content (AvgIpc) is 2.58. The number of aliphatic hydroxyl groups is 1. The minimum absolute atomic E-state index is 0.0464. The molecule has 5 nitrogen and oxygen atoms in total. The van der Waals surface area contributed by atoms with E-state index in [9.17, 15) is 9.90 Å². The highest BCUT2D eigenvalue weighted by atomic mass is 16.5. The van der Waals surface area contributed by atoms with E-state index >= 15 is 0 Å². The lowest BCUT2D eigenvalue weighted by Crippen LogP contribution is -2.38. The van der Waals surface area contributed by atoms with Crippen LogP contribution in [0.5, 0.6) is 5.75 Å². The fourth-order valence-corrected chi connectivity index (χ4v) is 2.92. The Morgan fingerprint density at radius 1 is 1.24 bits per heavy atom. The van der Waals surface area contributed by atoms with Gasteiger partial charge in [0.25, 0.3) is 5.91 Å². The molecule has 1 amide bonds. The molecule has 0 bridgehead atoms. The Labute approximate surface area is 151 Å². The summed E-state index contributed by atoms with van der Waals surface area (Å²) in [4.78, 5) is 14.2. The molecule has 1 aromatic rings. The Bertz CT molecular complexity index is 529. The van der Waals surface area contributed by atoms with Gasteiger partial charge in [-0.25, -0.2) is 0 Å². The summed E-state index contributed by atoms with van der Waals surface area (Å²) in [6, 6.07) is 7.92. The fourth-order valence-electron chi connectivity index (χ4n) is 2.92. The van der Waals surface area contributed by atoms with Crippen LogP contribution in [0.3, 0.4) is 0 Å². The topological polar surface area (TPSA) is 61.8 Å². The van der Waals surface area contributed by atoms with Crippen molar-refractivity contribution in [3.8, 4) is 5.75 Å². The second-order valence-electron chi connectivity index (χ2n) is 7.84. The third-order valence-corrected chi connectivity index (χ3v) is 4.62. The number of piperidine rings is 1. The molecule has 2 N–H and O–H groups in total. The molecule has 1 aromatic carbocycles. The average molecular weight is 348 g/mol. The van der Waals surface area contributed by atoms with Gasteiger partial charge < -0.3 is 20.1 Å². The van der Waals surface area contributed by atoms with Crippen LogP contribution in [0.25, 0.3) is 0 Å². The molecule has 5 heteroatoms. The summed E-state index contributed by atoms with van der Waals surface area (Å²) in [7, 11) is 0. The molecule has 0 saturated carbocycles. The van der Waals surface area contributed by atoms with E-state index in [2.05, 4.69) is 31.0 Å². The lowest BCUT2D eigenvalue weighted by atomic mass is 9.87. The van der Waals surface area contributed by atoms with Crippen LogP contribution in [-0.4, -0.2) is 54.8 Å². The zero-order valence-corrected chi connectivity index (χ0v) is 15.8. The van der Waals surface area contributed by atoms with Crippen LogP contribution in [0.15, 0.2) is 24.3 Å². The number of hydrogen-bond acceptors (Lipinski definition) is 4. The van der Waals surface area contributed by atoms with Gasteiger partial charge in [0.05, 0.1) is 6.10 Å². The lowest BCUT2D eigenvalue weighted by Gasteiger charge is -2.29. The van der Waals surface area contributed by atoms with Gasteiger partial charge in [0.15, 0.2) is 6.61 Å². The fraction of sp³-hybridized carbons (Fsp3) is 0.650. The molecule has 1 saturated heterocycles. The van der Waals surface area contributed by atoms with Crippen molar-refractivity contribution >= 4 is 5.91 Å². The second kappa shape index (κ2) is 9.20. The Morgan fingerprint density at radius 2 is 1.88 bits per heavy atom. The van der Waals surface area contributed by atoms with Gasteiger partial charge in [0.2, 0.25) is 0 Å². The molecule has 0 aliphatic carbocycles. The van der Waals surface area contributed by atoms with Gasteiger partial charge in [-0.05, 0) is 48.9 Å². The third kappa shape index (κ3) is 7.04. The van der Waals surface area contributed by atoms with Gasteiger partial charge in [-0.2, -0.15) is 0 Å². The van der Waals surface area contributed by atoms with E-state index in [1.54, 1.807) is 0 Å². The zero-order chi connectivity index (χ0) is 18.3. The first-order valence-electron chi connectivity index (χ1n) is 9.25. The quantitative estimate of drug-likeness (QED) is 0.743. The van der Waals surface area contributed by atoms with E-state index in [4.69, 9.17) is 4.74 Å². The molecule has 25 heavy (non-hydrogen) atoms. The van der Waals surface area contributed by atoms with E-state index in [0.717, 1.165) is 44.6 Å². The number of nitrogens with zero attached hydrogens (tertiary/aromatic N) is 1. The van der Waals surface area contributed by atoms with Crippen molar-refractivity contribution in [2.45, 2.75) is 51.6 Å². The van der Waals surface area contributed by atoms with Crippen LogP contribution in [0, 0.1) is 0 Å². The highest BCUT2D eigenvalue weighted by molar-refractivity contribution is 5.77. The number of nitrogens with one attached hydrogen (secondary N) is 1. The number of aliphatic hydroxyl groups excluding tert-OH is 1. The van der Waals surface area contributed by atoms with Crippen molar-refractivity contribution in [1.29, 1.82) is 0 Å². The van der Waals surface area contributed by atoms with Gasteiger partial charge in [-0.1, -0.05) is 32.9 Å². The van der Waals surface area contributed by atoms with E-state index in [-0.39, 0.29) is 24.0 Å². The Hall–Kier alpha value is -1.59. The molecule has 1 aliphatic heterocycles. The van der Waals surface area contributed by atoms with Gasteiger partial charge in [-0.3, -0.25) is 4.79 Å². The highest BCUT2D eigenvalue weighted by Crippen LogP contribution is 2.24. The summed E-state index contributed by atoms with van der Waals surface area (Å²) in [6.45, 7) is 10.1. The van der Waals surface area contributed by atoms with Gasteiger partial charge in [0, 0.05) is 19.6 Å². The Balaban J connectivity index is 1.59. The maximum atomic E-state index is 11.9. The largest absolute Gasteiger partial charge is 0.484 e. The molecule has 1 heterocycles. The first-order valence-corrected chi connectivity index (χ1v) is 9.25. The second-order valence-corrected chi connectivity index (χ2v) is 7.84. The maximum Gasteiger partial charge on any atom is 0.257 e. The van der Waals surface area contributed by atoms with E-state index in [0.29, 0.717) is 6.54 Å².